The summed E-state index contributed by atoms with van der Waals surface area (Å²) in [6, 6.07) is 2.38. The quantitative estimate of drug-likeness (QED) is 0.714. The van der Waals surface area contributed by atoms with Gasteiger partial charge in [-0.05, 0) is 44.9 Å². The molecule has 2 heterocycles. The van der Waals surface area contributed by atoms with Gasteiger partial charge in [-0.15, -0.1) is 0 Å². The molecule has 2 amide bonds. The van der Waals surface area contributed by atoms with Crippen LogP contribution < -0.4 is 10.2 Å². The molecule has 8 heteroatoms. The summed E-state index contributed by atoms with van der Waals surface area (Å²) in [6.07, 6.45) is -0.714. The molecule has 0 unspecified atom stereocenters. The van der Waals surface area contributed by atoms with Crippen molar-refractivity contribution < 1.29 is 23.5 Å². The third-order valence-electron chi connectivity index (χ3n) is 5.37. The second kappa shape index (κ2) is 6.98. The maximum Gasteiger partial charge on any atom is 0.242 e. The zero-order valence-electron chi connectivity index (χ0n) is 15.6. The van der Waals surface area contributed by atoms with Crippen LogP contribution in [0.1, 0.15) is 33.3 Å². The fourth-order valence-electron chi connectivity index (χ4n) is 4.48. The lowest BCUT2D eigenvalue weighted by molar-refractivity contribution is -0.151. The van der Waals surface area contributed by atoms with Crippen LogP contribution in [0.2, 0.25) is 0 Å². The molecule has 0 radical (unpaired) electrons. The summed E-state index contributed by atoms with van der Waals surface area (Å²) in [7, 11) is 0. The Labute approximate surface area is 165 Å². The third kappa shape index (κ3) is 3.18. The largest absolute Gasteiger partial charge is 0.372 e. The van der Waals surface area contributed by atoms with E-state index in [9.17, 15) is 18.8 Å². The highest BCUT2D eigenvalue weighted by molar-refractivity contribution is 9.10. The Balaban J connectivity index is 2.26. The lowest BCUT2D eigenvalue weighted by atomic mass is 9.65. The Bertz CT molecular complexity index is 830. The van der Waals surface area contributed by atoms with Gasteiger partial charge in [0, 0.05) is 17.9 Å². The number of hydrogen-bond acceptors (Lipinski definition) is 5. The van der Waals surface area contributed by atoms with Crippen LogP contribution >= 0.6 is 15.9 Å². The maximum absolute atomic E-state index is 14.9. The Kier molecular flexibility index (Phi) is 5.16. The van der Waals surface area contributed by atoms with Crippen LogP contribution in [0.25, 0.3) is 0 Å². The molecule has 1 aromatic carbocycles. The fourth-order valence-corrected chi connectivity index (χ4v) is 4.96. The first-order chi connectivity index (χ1) is 12.6. The standard InChI is InChI=1S/C19H22BrFN2O4/c1-9-8-23-16-13(5-14(20)6-15(16)21)7-19(11(3)24,17(23)10(2)27-9)18(26)22-12(4)25/h5-6,9-10,17H,7-8H2,1-4H3,(H,22,25,26)/t9-,10+,17-,19+/m1/s1. The Morgan fingerprint density at radius 1 is 1.30 bits per heavy atom. The first-order valence-corrected chi connectivity index (χ1v) is 9.60. The van der Waals surface area contributed by atoms with E-state index in [0.717, 1.165) is 0 Å². The molecule has 0 spiro atoms. The number of benzene rings is 1. The number of amides is 2. The Hall–Kier alpha value is -1.80. The zero-order valence-corrected chi connectivity index (χ0v) is 17.2. The summed E-state index contributed by atoms with van der Waals surface area (Å²) in [5.74, 6) is -2.02. The number of anilines is 1. The molecule has 0 bridgehead atoms. The molecule has 2 aliphatic heterocycles. The molecule has 0 saturated carbocycles. The van der Waals surface area contributed by atoms with Crippen molar-refractivity contribution in [3.63, 3.8) is 0 Å². The summed E-state index contributed by atoms with van der Waals surface area (Å²) in [4.78, 5) is 39.3. The van der Waals surface area contributed by atoms with Gasteiger partial charge in [0.15, 0.2) is 0 Å². The minimum absolute atomic E-state index is 0.00358. The van der Waals surface area contributed by atoms with Gasteiger partial charge in [-0.2, -0.15) is 0 Å². The van der Waals surface area contributed by atoms with Crippen molar-refractivity contribution in [3.8, 4) is 0 Å². The van der Waals surface area contributed by atoms with E-state index in [-0.39, 0.29) is 18.3 Å². The third-order valence-corrected chi connectivity index (χ3v) is 5.83. The highest BCUT2D eigenvalue weighted by Gasteiger charge is 2.59. The van der Waals surface area contributed by atoms with Crippen LogP contribution in [0.3, 0.4) is 0 Å². The number of rotatable bonds is 2. The lowest BCUT2D eigenvalue weighted by Gasteiger charge is -2.54. The van der Waals surface area contributed by atoms with Gasteiger partial charge >= 0.3 is 0 Å². The Morgan fingerprint density at radius 2 is 1.96 bits per heavy atom. The predicted octanol–water partition coefficient (Wildman–Crippen LogP) is 2.36. The number of Topliss-reactive ketones (excluding diaryl/α,β-unsaturated/α-hetero) is 1. The number of ether oxygens (including phenoxy) is 1. The highest BCUT2D eigenvalue weighted by Crippen LogP contribution is 2.47. The highest BCUT2D eigenvalue weighted by atomic mass is 79.9. The van der Waals surface area contributed by atoms with Crippen molar-refractivity contribution in [2.75, 3.05) is 11.4 Å². The zero-order chi connectivity index (χ0) is 20.1. The summed E-state index contributed by atoms with van der Waals surface area (Å²) in [6.45, 7) is 6.53. The maximum atomic E-state index is 14.9. The van der Waals surface area contributed by atoms with E-state index >= 15 is 0 Å². The molecule has 6 nitrogen and oxygen atoms in total. The molecule has 27 heavy (non-hydrogen) atoms. The van der Waals surface area contributed by atoms with E-state index in [4.69, 9.17) is 4.74 Å². The van der Waals surface area contributed by atoms with Crippen molar-refractivity contribution in [1.82, 2.24) is 5.32 Å². The van der Waals surface area contributed by atoms with Crippen molar-refractivity contribution in [2.24, 2.45) is 5.41 Å². The molecule has 1 fully saturated rings. The van der Waals surface area contributed by atoms with Gasteiger partial charge in [-0.3, -0.25) is 19.7 Å². The number of carbonyl (C=O) groups excluding carboxylic acids is 3. The summed E-state index contributed by atoms with van der Waals surface area (Å²) in [5.41, 5.74) is -0.614. The van der Waals surface area contributed by atoms with E-state index in [1.54, 1.807) is 17.9 Å². The minimum Gasteiger partial charge on any atom is -0.372 e. The molecule has 3 rings (SSSR count). The molecule has 1 saturated heterocycles. The summed E-state index contributed by atoms with van der Waals surface area (Å²) in [5, 5.41) is 2.27. The lowest BCUT2D eigenvalue weighted by Crippen LogP contribution is -2.70. The molecule has 4 atom stereocenters. The number of hydrogen-bond donors (Lipinski definition) is 1. The minimum atomic E-state index is -1.55. The van der Waals surface area contributed by atoms with Gasteiger partial charge < -0.3 is 9.64 Å². The van der Waals surface area contributed by atoms with Crippen LogP contribution in [0.15, 0.2) is 16.6 Å². The monoisotopic (exact) mass is 440 g/mol. The van der Waals surface area contributed by atoms with Crippen LogP contribution in [0.4, 0.5) is 10.1 Å². The first kappa shape index (κ1) is 19.9. The average molecular weight is 441 g/mol. The van der Waals surface area contributed by atoms with E-state index < -0.39 is 35.2 Å². The van der Waals surface area contributed by atoms with Gasteiger partial charge in [-0.25, -0.2) is 4.39 Å². The van der Waals surface area contributed by atoms with E-state index in [0.29, 0.717) is 22.3 Å². The predicted molar refractivity (Wildman–Crippen MR) is 101 cm³/mol. The van der Waals surface area contributed by atoms with Gasteiger partial charge in [0.1, 0.15) is 17.0 Å². The summed E-state index contributed by atoms with van der Waals surface area (Å²) >= 11 is 3.28. The molecule has 1 aromatic rings. The topological polar surface area (TPSA) is 75.7 Å². The van der Waals surface area contributed by atoms with E-state index in [2.05, 4.69) is 21.2 Å². The van der Waals surface area contributed by atoms with E-state index in [1.165, 1.54) is 19.9 Å². The number of imide groups is 1. The van der Waals surface area contributed by atoms with Gasteiger partial charge in [0.25, 0.3) is 0 Å². The second-order valence-corrected chi connectivity index (χ2v) is 8.27. The number of fused-ring (bicyclic) bond motifs is 3. The summed E-state index contributed by atoms with van der Waals surface area (Å²) < 4.78 is 21.3. The molecule has 1 N–H and O–H groups in total. The van der Waals surface area contributed by atoms with Crippen molar-refractivity contribution in [3.05, 3.63) is 28.0 Å². The van der Waals surface area contributed by atoms with Crippen LogP contribution in [-0.4, -0.2) is 42.4 Å². The number of nitrogens with one attached hydrogen (secondary N) is 1. The number of ketones is 1. The van der Waals surface area contributed by atoms with Gasteiger partial charge in [0.05, 0.1) is 23.9 Å². The SMILES string of the molecule is CC(=O)NC(=O)[C@]1(C(C)=O)Cc2cc(Br)cc(F)c2N2C[C@@H](C)O[C@@H](C)[C@@H]21. The van der Waals surface area contributed by atoms with Crippen LogP contribution in [0, 0.1) is 11.2 Å². The molecular weight excluding hydrogens is 419 g/mol. The second-order valence-electron chi connectivity index (χ2n) is 7.36. The van der Waals surface area contributed by atoms with Crippen LogP contribution in [0.5, 0.6) is 0 Å². The van der Waals surface area contributed by atoms with Crippen LogP contribution in [-0.2, 0) is 25.5 Å². The van der Waals surface area contributed by atoms with Gasteiger partial charge in [-0.1, -0.05) is 15.9 Å². The first-order valence-electron chi connectivity index (χ1n) is 8.81. The Morgan fingerprint density at radius 3 is 2.56 bits per heavy atom. The van der Waals surface area contributed by atoms with Crippen molar-refractivity contribution >= 4 is 39.2 Å². The molecule has 2 aliphatic rings. The average Bonchev–Trinajstić information content (AvgIpc) is 2.51. The van der Waals surface area contributed by atoms with Crippen molar-refractivity contribution in [2.45, 2.75) is 52.4 Å². The molecule has 146 valence electrons. The number of nitrogens with zero attached hydrogens (tertiary/aromatic N) is 1. The van der Waals surface area contributed by atoms with Crippen molar-refractivity contribution in [1.29, 1.82) is 0 Å². The molecule has 0 aliphatic carbocycles. The molecular formula is C19H22BrFN2O4. The molecule has 0 aromatic heterocycles. The number of halogens is 2. The normalized spacial score (nSPS) is 29.6. The number of carbonyl (C=O) groups is 3. The smallest absolute Gasteiger partial charge is 0.242 e. The van der Waals surface area contributed by atoms with Gasteiger partial charge in [0.2, 0.25) is 11.8 Å². The number of morpholine rings is 1. The fraction of sp³-hybridized carbons (Fsp3) is 0.526. The van der Waals surface area contributed by atoms with E-state index in [1.807, 2.05) is 6.92 Å².